The molecule has 0 radical (unpaired) electrons. The zero-order valence-corrected chi connectivity index (χ0v) is 9.15. The van der Waals surface area contributed by atoms with E-state index in [-0.39, 0.29) is 24.8 Å². The Morgan fingerprint density at radius 3 is 2.64 bits per heavy atom. The fourth-order valence-corrected chi connectivity index (χ4v) is 1.24. The molecule has 0 fully saturated rings. The summed E-state index contributed by atoms with van der Waals surface area (Å²) in [5, 5.41) is 1.16. The summed E-state index contributed by atoms with van der Waals surface area (Å²) in [4.78, 5) is 4.23. The van der Waals surface area contributed by atoms with Gasteiger partial charge in [0.1, 0.15) is 0 Å². The molecule has 2 nitrogen and oxygen atoms in total. The van der Waals surface area contributed by atoms with E-state index in [1.165, 1.54) is 0 Å². The first-order valence-electron chi connectivity index (χ1n) is 3.94. The lowest BCUT2D eigenvalue weighted by Gasteiger charge is -1.98. The molecule has 2 N–H and O–H groups in total. The second-order valence-electron chi connectivity index (χ2n) is 2.73. The summed E-state index contributed by atoms with van der Waals surface area (Å²) in [5.41, 5.74) is 7.65. The normalized spacial score (nSPS) is 8.93. The SMILES string of the molecule is Cl.Cl.NCc1ccc2cccnc2c1. The number of fused-ring (bicyclic) bond motifs is 1. The maximum Gasteiger partial charge on any atom is 0.0705 e. The molecule has 0 aliphatic heterocycles. The van der Waals surface area contributed by atoms with Gasteiger partial charge in [0, 0.05) is 18.1 Å². The third-order valence-electron chi connectivity index (χ3n) is 1.91. The van der Waals surface area contributed by atoms with Gasteiger partial charge in [-0.3, -0.25) is 4.98 Å². The number of halogens is 2. The van der Waals surface area contributed by atoms with E-state index in [0.29, 0.717) is 6.54 Å². The molecule has 4 heteroatoms. The standard InChI is InChI=1S/C10H10N2.2ClH/c11-7-8-3-4-9-2-1-5-12-10(9)6-8;;/h1-6H,7,11H2;2*1H. The number of rotatable bonds is 1. The van der Waals surface area contributed by atoms with Crippen LogP contribution in [0, 0.1) is 0 Å². The van der Waals surface area contributed by atoms with Gasteiger partial charge in [-0.1, -0.05) is 18.2 Å². The van der Waals surface area contributed by atoms with Gasteiger partial charge in [0.15, 0.2) is 0 Å². The van der Waals surface area contributed by atoms with Gasteiger partial charge in [-0.25, -0.2) is 0 Å². The van der Waals surface area contributed by atoms with Crippen molar-refractivity contribution in [3.8, 4) is 0 Å². The van der Waals surface area contributed by atoms with Gasteiger partial charge in [0.25, 0.3) is 0 Å². The zero-order valence-electron chi connectivity index (χ0n) is 7.51. The zero-order chi connectivity index (χ0) is 8.39. The molecule has 2 aromatic rings. The van der Waals surface area contributed by atoms with Crippen LogP contribution in [0.1, 0.15) is 5.56 Å². The van der Waals surface area contributed by atoms with E-state index in [0.717, 1.165) is 16.5 Å². The molecule has 1 aromatic carbocycles. The van der Waals surface area contributed by atoms with E-state index in [9.17, 15) is 0 Å². The number of benzene rings is 1. The number of aromatic nitrogens is 1. The van der Waals surface area contributed by atoms with Crippen molar-refractivity contribution >= 4 is 35.7 Å². The molecule has 1 aromatic heterocycles. The van der Waals surface area contributed by atoms with Gasteiger partial charge < -0.3 is 5.73 Å². The van der Waals surface area contributed by atoms with Crippen molar-refractivity contribution in [2.24, 2.45) is 5.73 Å². The fraction of sp³-hybridized carbons (Fsp3) is 0.100. The van der Waals surface area contributed by atoms with Gasteiger partial charge in [-0.15, -0.1) is 24.8 Å². The number of hydrogen-bond donors (Lipinski definition) is 1. The Kier molecular flexibility index (Phi) is 5.46. The van der Waals surface area contributed by atoms with E-state index in [1.54, 1.807) is 6.20 Å². The second kappa shape index (κ2) is 5.81. The summed E-state index contributed by atoms with van der Waals surface area (Å²) < 4.78 is 0. The van der Waals surface area contributed by atoms with Crippen LogP contribution in [-0.4, -0.2) is 4.98 Å². The Hall–Kier alpha value is -0.830. The molecule has 0 aliphatic rings. The van der Waals surface area contributed by atoms with Crippen molar-refractivity contribution in [3.05, 3.63) is 42.1 Å². The maximum absolute atomic E-state index is 5.51. The van der Waals surface area contributed by atoms with Crippen LogP contribution in [0.25, 0.3) is 10.9 Å². The highest BCUT2D eigenvalue weighted by atomic mass is 35.5. The smallest absolute Gasteiger partial charge is 0.0705 e. The first-order valence-corrected chi connectivity index (χ1v) is 3.94. The second-order valence-corrected chi connectivity index (χ2v) is 2.73. The molecule has 0 saturated heterocycles. The Labute approximate surface area is 95.3 Å². The molecule has 0 bridgehead atoms. The van der Waals surface area contributed by atoms with E-state index >= 15 is 0 Å². The van der Waals surface area contributed by atoms with Crippen LogP contribution in [0.4, 0.5) is 0 Å². The van der Waals surface area contributed by atoms with E-state index in [1.807, 2.05) is 30.3 Å². The molecule has 1 heterocycles. The van der Waals surface area contributed by atoms with Crippen LogP contribution in [-0.2, 0) is 6.54 Å². The Morgan fingerprint density at radius 1 is 1.14 bits per heavy atom. The number of pyridine rings is 1. The Bertz CT molecular complexity index is 404. The third kappa shape index (κ3) is 2.58. The van der Waals surface area contributed by atoms with Gasteiger partial charge in [0.05, 0.1) is 5.52 Å². The molecular weight excluding hydrogens is 219 g/mol. The molecule has 76 valence electrons. The third-order valence-corrected chi connectivity index (χ3v) is 1.91. The molecule has 0 amide bonds. The van der Waals surface area contributed by atoms with Crippen LogP contribution < -0.4 is 5.73 Å². The number of nitrogens with two attached hydrogens (primary N) is 1. The van der Waals surface area contributed by atoms with Crippen molar-refractivity contribution in [3.63, 3.8) is 0 Å². The highest BCUT2D eigenvalue weighted by Crippen LogP contribution is 2.12. The van der Waals surface area contributed by atoms with E-state index in [2.05, 4.69) is 4.98 Å². The van der Waals surface area contributed by atoms with E-state index < -0.39 is 0 Å². The molecule has 0 spiro atoms. The summed E-state index contributed by atoms with van der Waals surface area (Å²) in [5.74, 6) is 0. The van der Waals surface area contributed by atoms with Crippen molar-refractivity contribution in [2.75, 3.05) is 0 Å². The molecule has 2 rings (SSSR count). The largest absolute Gasteiger partial charge is 0.326 e. The quantitative estimate of drug-likeness (QED) is 0.819. The summed E-state index contributed by atoms with van der Waals surface area (Å²) in [6.07, 6.45) is 1.79. The molecule has 14 heavy (non-hydrogen) atoms. The van der Waals surface area contributed by atoms with Gasteiger partial charge in [0.2, 0.25) is 0 Å². The minimum Gasteiger partial charge on any atom is -0.326 e. The Morgan fingerprint density at radius 2 is 1.93 bits per heavy atom. The average Bonchev–Trinajstić information content (AvgIpc) is 2.17. The first kappa shape index (κ1) is 13.2. The monoisotopic (exact) mass is 230 g/mol. The molecule has 0 saturated carbocycles. The van der Waals surface area contributed by atoms with Crippen molar-refractivity contribution in [2.45, 2.75) is 6.54 Å². The first-order chi connectivity index (χ1) is 5.90. The maximum atomic E-state index is 5.51. The summed E-state index contributed by atoms with van der Waals surface area (Å²) >= 11 is 0. The fourth-order valence-electron chi connectivity index (χ4n) is 1.24. The lowest BCUT2D eigenvalue weighted by molar-refractivity contribution is 1.07. The minimum absolute atomic E-state index is 0. The predicted molar refractivity (Wildman–Crippen MR) is 64.1 cm³/mol. The van der Waals surface area contributed by atoms with Gasteiger partial charge in [-0.05, 0) is 17.7 Å². The molecular formula is C10H12Cl2N2. The van der Waals surface area contributed by atoms with Crippen molar-refractivity contribution in [1.82, 2.24) is 4.98 Å². The molecule has 0 unspecified atom stereocenters. The van der Waals surface area contributed by atoms with Gasteiger partial charge >= 0.3 is 0 Å². The van der Waals surface area contributed by atoms with Crippen LogP contribution in [0.5, 0.6) is 0 Å². The lowest BCUT2D eigenvalue weighted by atomic mass is 10.1. The van der Waals surface area contributed by atoms with Gasteiger partial charge in [-0.2, -0.15) is 0 Å². The molecule has 0 atom stereocenters. The van der Waals surface area contributed by atoms with Crippen LogP contribution >= 0.6 is 24.8 Å². The summed E-state index contributed by atoms with van der Waals surface area (Å²) in [6, 6.07) is 10.1. The topological polar surface area (TPSA) is 38.9 Å². The summed E-state index contributed by atoms with van der Waals surface area (Å²) in [6.45, 7) is 0.576. The van der Waals surface area contributed by atoms with Crippen LogP contribution in [0.3, 0.4) is 0 Å². The number of hydrogen-bond acceptors (Lipinski definition) is 2. The van der Waals surface area contributed by atoms with Crippen LogP contribution in [0.2, 0.25) is 0 Å². The number of nitrogens with zero attached hydrogens (tertiary/aromatic N) is 1. The van der Waals surface area contributed by atoms with Crippen LogP contribution in [0.15, 0.2) is 36.5 Å². The highest BCUT2D eigenvalue weighted by Gasteiger charge is 1.93. The Balaban J connectivity index is 0.000000845. The minimum atomic E-state index is 0. The van der Waals surface area contributed by atoms with E-state index in [4.69, 9.17) is 5.73 Å². The lowest BCUT2D eigenvalue weighted by Crippen LogP contribution is -1.95. The molecule has 0 aliphatic carbocycles. The highest BCUT2D eigenvalue weighted by molar-refractivity contribution is 5.85. The predicted octanol–water partition coefficient (Wildman–Crippen LogP) is 2.54. The van der Waals surface area contributed by atoms with Crippen molar-refractivity contribution in [1.29, 1.82) is 0 Å². The average molecular weight is 231 g/mol. The van der Waals surface area contributed by atoms with Crippen molar-refractivity contribution < 1.29 is 0 Å². The summed E-state index contributed by atoms with van der Waals surface area (Å²) in [7, 11) is 0.